The number of nitrogens with zero attached hydrogens (tertiary/aromatic N) is 1. The van der Waals surface area contributed by atoms with Gasteiger partial charge in [-0.2, -0.15) is 0 Å². The zero-order valence-electron chi connectivity index (χ0n) is 19.7. The molecule has 1 saturated heterocycles. The molecule has 2 aromatic carbocycles. The summed E-state index contributed by atoms with van der Waals surface area (Å²) < 4.78 is 24.7. The fourth-order valence-electron chi connectivity index (χ4n) is 4.54. The van der Waals surface area contributed by atoms with Gasteiger partial charge in [-0.25, -0.2) is 9.18 Å². The van der Waals surface area contributed by atoms with Gasteiger partial charge in [-0.15, -0.1) is 0 Å². The lowest BCUT2D eigenvalue weighted by molar-refractivity contribution is -0.155. The fraction of sp³-hybridized carbons (Fsp3) is 0.462. The normalized spacial score (nSPS) is 24.8. The van der Waals surface area contributed by atoms with Crippen LogP contribution in [0.4, 0.5) is 9.18 Å². The molecular formula is C26H31FN2O5. The minimum absolute atomic E-state index is 0.0115. The first-order valence-corrected chi connectivity index (χ1v) is 11.6. The van der Waals surface area contributed by atoms with Crippen LogP contribution in [0.5, 0.6) is 0 Å². The molecule has 7 nitrogen and oxygen atoms in total. The Bertz CT molecular complexity index is 1040. The number of nitrogens with one attached hydrogen (secondary N) is 1. The van der Waals surface area contributed by atoms with Gasteiger partial charge in [-0.3, -0.25) is 4.79 Å². The molecule has 34 heavy (non-hydrogen) atoms. The van der Waals surface area contributed by atoms with E-state index in [0.717, 1.165) is 16.7 Å². The van der Waals surface area contributed by atoms with E-state index in [-0.39, 0.29) is 30.8 Å². The van der Waals surface area contributed by atoms with Gasteiger partial charge in [0.2, 0.25) is 0 Å². The van der Waals surface area contributed by atoms with Crippen molar-refractivity contribution >= 4 is 12.0 Å². The summed E-state index contributed by atoms with van der Waals surface area (Å²) in [5.41, 5.74) is 2.28. The first kappa shape index (κ1) is 24.2. The molecule has 4 rings (SSSR count). The van der Waals surface area contributed by atoms with Crippen LogP contribution >= 0.6 is 0 Å². The number of aliphatic hydroxyl groups excluding tert-OH is 1. The molecule has 0 bridgehead atoms. The molecule has 4 atom stereocenters. The Labute approximate surface area is 198 Å². The molecule has 2 aliphatic rings. The summed E-state index contributed by atoms with van der Waals surface area (Å²) in [5, 5.41) is 13.3. The van der Waals surface area contributed by atoms with Gasteiger partial charge in [0.1, 0.15) is 17.5 Å². The summed E-state index contributed by atoms with van der Waals surface area (Å²) in [5.74, 6) is -0.577. The topological polar surface area (TPSA) is 88.1 Å². The number of ether oxygens (including phenoxy) is 2. The highest BCUT2D eigenvalue weighted by Crippen LogP contribution is 2.36. The van der Waals surface area contributed by atoms with Gasteiger partial charge in [0.15, 0.2) is 0 Å². The van der Waals surface area contributed by atoms with Crippen LogP contribution in [0.25, 0.3) is 0 Å². The smallest absolute Gasteiger partial charge is 0.408 e. The van der Waals surface area contributed by atoms with E-state index in [9.17, 15) is 19.1 Å². The van der Waals surface area contributed by atoms with Crippen molar-refractivity contribution < 1.29 is 28.6 Å². The van der Waals surface area contributed by atoms with Crippen molar-refractivity contribution in [3.05, 3.63) is 71.0 Å². The van der Waals surface area contributed by atoms with Crippen LogP contribution < -0.4 is 5.32 Å². The lowest BCUT2D eigenvalue weighted by atomic mass is 9.87. The van der Waals surface area contributed by atoms with Crippen molar-refractivity contribution in [1.29, 1.82) is 0 Å². The van der Waals surface area contributed by atoms with Crippen LogP contribution in [-0.4, -0.2) is 59.0 Å². The molecule has 8 heteroatoms. The van der Waals surface area contributed by atoms with Crippen LogP contribution in [0.1, 0.15) is 49.9 Å². The fourth-order valence-corrected chi connectivity index (χ4v) is 4.54. The molecule has 0 aliphatic carbocycles. The third-order valence-electron chi connectivity index (χ3n) is 6.13. The largest absolute Gasteiger partial charge is 0.444 e. The van der Waals surface area contributed by atoms with E-state index in [2.05, 4.69) is 5.32 Å². The van der Waals surface area contributed by atoms with Crippen molar-refractivity contribution in [1.82, 2.24) is 10.2 Å². The Hall–Kier alpha value is -2.97. The molecule has 0 aromatic heterocycles. The maximum Gasteiger partial charge on any atom is 0.408 e. The summed E-state index contributed by atoms with van der Waals surface area (Å²) in [6.07, 6.45) is -1.71. The molecule has 2 aromatic rings. The maximum absolute atomic E-state index is 13.6. The number of amides is 2. The van der Waals surface area contributed by atoms with Gasteiger partial charge < -0.3 is 24.8 Å². The summed E-state index contributed by atoms with van der Waals surface area (Å²) in [6.45, 7) is 5.73. The van der Waals surface area contributed by atoms with E-state index in [1.165, 1.54) is 12.1 Å². The van der Waals surface area contributed by atoms with Gasteiger partial charge in [0.05, 0.1) is 24.8 Å². The molecule has 0 radical (unpaired) electrons. The van der Waals surface area contributed by atoms with Crippen LogP contribution in [0, 0.1) is 5.82 Å². The molecule has 1 fully saturated rings. The number of hydrogen-bond acceptors (Lipinski definition) is 5. The molecule has 2 aliphatic heterocycles. The second-order valence-electron chi connectivity index (χ2n) is 9.81. The van der Waals surface area contributed by atoms with Gasteiger partial charge >= 0.3 is 6.09 Å². The van der Waals surface area contributed by atoms with Gasteiger partial charge in [0, 0.05) is 13.0 Å². The number of hydrogen-bond donors (Lipinski definition) is 2. The van der Waals surface area contributed by atoms with Crippen molar-refractivity contribution in [2.24, 2.45) is 0 Å². The van der Waals surface area contributed by atoms with Crippen molar-refractivity contribution in [3.8, 4) is 0 Å². The Kier molecular flexibility index (Phi) is 6.91. The Morgan fingerprint density at radius 2 is 1.85 bits per heavy atom. The maximum atomic E-state index is 13.6. The van der Waals surface area contributed by atoms with Gasteiger partial charge in [-0.1, -0.05) is 36.4 Å². The number of carbonyl (C=O) groups is 2. The van der Waals surface area contributed by atoms with Gasteiger partial charge in [0.25, 0.3) is 5.91 Å². The van der Waals surface area contributed by atoms with E-state index in [1.54, 1.807) is 37.8 Å². The number of aliphatic hydroxyl groups is 1. The average molecular weight is 471 g/mol. The number of alkyl carbamates (subject to hydrolysis) is 1. The Balaban J connectivity index is 1.50. The van der Waals surface area contributed by atoms with E-state index in [0.29, 0.717) is 13.0 Å². The summed E-state index contributed by atoms with van der Waals surface area (Å²) in [4.78, 5) is 27.4. The monoisotopic (exact) mass is 470 g/mol. The SMILES string of the molecule is CC(C)(C)OC(=O)N[C@H]1CO[C@@H](C(=O)N2CCc3ccccc3[C@@H]2c2ccc(F)cc2)C[C@H]1O. The minimum atomic E-state index is -0.962. The van der Waals surface area contributed by atoms with E-state index in [4.69, 9.17) is 9.47 Å². The number of carbonyl (C=O) groups excluding carboxylic acids is 2. The predicted molar refractivity (Wildman–Crippen MR) is 124 cm³/mol. The Morgan fingerprint density at radius 3 is 2.53 bits per heavy atom. The van der Waals surface area contributed by atoms with Crippen LogP contribution in [0.2, 0.25) is 0 Å². The van der Waals surface area contributed by atoms with Crippen molar-refractivity contribution in [2.45, 2.75) is 63.5 Å². The predicted octanol–water partition coefficient (Wildman–Crippen LogP) is 3.34. The minimum Gasteiger partial charge on any atom is -0.444 e. The molecule has 0 unspecified atom stereocenters. The first-order valence-electron chi connectivity index (χ1n) is 11.6. The second kappa shape index (κ2) is 9.72. The molecule has 2 heterocycles. The van der Waals surface area contributed by atoms with Crippen molar-refractivity contribution in [2.75, 3.05) is 13.2 Å². The van der Waals surface area contributed by atoms with E-state index in [1.807, 2.05) is 24.3 Å². The second-order valence-corrected chi connectivity index (χ2v) is 9.81. The van der Waals surface area contributed by atoms with Crippen LogP contribution in [0.3, 0.4) is 0 Å². The molecule has 0 spiro atoms. The Morgan fingerprint density at radius 1 is 1.15 bits per heavy atom. The van der Waals surface area contributed by atoms with E-state index >= 15 is 0 Å². The van der Waals surface area contributed by atoms with Crippen molar-refractivity contribution in [3.63, 3.8) is 0 Å². The molecule has 182 valence electrons. The standard InChI is InChI=1S/C26H31FN2O5/c1-26(2,3)34-25(32)28-20-15-33-22(14-21(20)30)24(31)29-13-12-16-6-4-5-7-19(16)23(29)17-8-10-18(27)11-9-17/h4-11,20-23,30H,12-15H2,1-3H3,(H,28,32)/t20-,21+,22+,23-/m0/s1. The van der Waals surface area contributed by atoms with Crippen LogP contribution in [-0.2, 0) is 20.7 Å². The van der Waals surface area contributed by atoms with Crippen LogP contribution in [0.15, 0.2) is 48.5 Å². The van der Waals surface area contributed by atoms with E-state index < -0.39 is 29.9 Å². The highest BCUT2D eigenvalue weighted by molar-refractivity contribution is 5.82. The summed E-state index contributed by atoms with van der Waals surface area (Å²) in [6, 6.07) is 13.0. The first-order chi connectivity index (χ1) is 16.1. The number of rotatable bonds is 3. The highest BCUT2D eigenvalue weighted by Gasteiger charge is 2.40. The lowest BCUT2D eigenvalue weighted by Crippen LogP contribution is -2.56. The zero-order chi connectivity index (χ0) is 24.5. The quantitative estimate of drug-likeness (QED) is 0.719. The molecule has 2 amide bonds. The van der Waals surface area contributed by atoms with Gasteiger partial charge in [-0.05, 0) is 56.0 Å². The number of halogens is 1. The summed E-state index contributed by atoms with van der Waals surface area (Å²) in [7, 11) is 0. The third kappa shape index (κ3) is 5.39. The third-order valence-corrected chi connectivity index (χ3v) is 6.13. The number of benzene rings is 2. The molecule has 2 N–H and O–H groups in total. The number of fused-ring (bicyclic) bond motifs is 1. The lowest BCUT2D eigenvalue weighted by Gasteiger charge is -2.41. The average Bonchev–Trinajstić information content (AvgIpc) is 2.78. The zero-order valence-corrected chi connectivity index (χ0v) is 19.7. The molecule has 0 saturated carbocycles. The summed E-state index contributed by atoms with van der Waals surface area (Å²) >= 11 is 0. The molecular weight excluding hydrogens is 439 g/mol. The highest BCUT2D eigenvalue weighted by atomic mass is 19.1.